The second-order valence-electron chi connectivity index (χ2n) is 3.07. The van der Waals surface area contributed by atoms with Crippen molar-refractivity contribution < 1.29 is 0 Å². The van der Waals surface area contributed by atoms with E-state index in [1.807, 2.05) is 32.6 Å². The molecule has 0 unspecified atom stereocenters. The molecule has 0 radical (unpaired) electrons. The molecule has 0 aliphatic rings. The van der Waals surface area contributed by atoms with E-state index in [1.165, 1.54) is 0 Å². The lowest BCUT2D eigenvalue weighted by Crippen LogP contribution is -2.35. The van der Waals surface area contributed by atoms with E-state index in [9.17, 15) is 0 Å². The van der Waals surface area contributed by atoms with Gasteiger partial charge >= 0.3 is 0 Å². The van der Waals surface area contributed by atoms with Gasteiger partial charge in [0.25, 0.3) is 0 Å². The van der Waals surface area contributed by atoms with Crippen molar-refractivity contribution in [3.8, 4) is 0 Å². The van der Waals surface area contributed by atoms with Crippen molar-refractivity contribution in [3.63, 3.8) is 0 Å². The monoisotopic (exact) mass is 154 g/mol. The van der Waals surface area contributed by atoms with Gasteiger partial charge in [-0.1, -0.05) is 6.08 Å². The highest BCUT2D eigenvalue weighted by molar-refractivity contribution is 5.00. The quantitative estimate of drug-likeness (QED) is 0.618. The molecule has 64 valence electrons. The molecule has 0 spiro atoms. The summed E-state index contributed by atoms with van der Waals surface area (Å²) in [5.74, 6) is 0. The Morgan fingerprint density at radius 2 is 2.00 bits per heavy atom. The van der Waals surface area contributed by atoms with Crippen LogP contribution in [0.3, 0.4) is 0 Å². The second-order valence-corrected chi connectivity index (χ2v) is 3.07. The van der Waals surface area contributed by atoms with Crippen LogP contribution in [0, 0.1) is 0 Å². The van der Waals surface area contributed by atoms with E-state index in [0.717, 1.165) is 0 Å². The molecule has 0 aliphatic carbocycles. The number of nitrogens with zero attached hydrogens (tertiary/aromatic N) is 1. The Morgan fingerprint density at radius 3 is 2.36 bits per heavy atom. The number of likely N-dealkylation sites (N-methyl/N-ethyl adjacent to an activating group) is 1. The number of hydrogen-bond donors (Lipinski definition) is 1. The first-order valence-electron chi connectivity index (χ1n) is 3.75. The van der Waals surface area contributed by atoms with Gasteiger partial charge in [-0.3, -0.25) is 0 Å². The van der Waals surface area contributed by atoms with E-state index in [-0.39, 0.29) is 5.54 Å². The van der Waals surface area contributed by atoms with E-state index in [0.29, 0.717) is 0 Å². The zero-order valence-electron chi connectivity index (χ0n) is 7.89. The molecule has 0 saturated heterocycles. The van der Waals surface area contributed by atoms with E-state index in [4.69, 9.17) is 0 Å². The van der Waals surface area contributed by atoms with Crippen molar-refractivity contribution in [2.24, 2.45) is 0 Å². The summed E-state index contributed by atoms with van der Waals surface area (Å²) in [6.07, 6.45) is 5.81. The van der Waals surface area contributed by atoms with Gasteiger partial charge in [-0.2, -0.15) is 0 Å². The Bertz CT molecular complexity index is 148. The fourth-order valence-corrected chi connectivity index (χ4v) is 0.522. The Balaban J connectivity index is 4.11. The minimum absolute atomic E-state index is 0.0212. The molecule has 0 atom stereocenters. The highest BCUT2D eigenvalue weighted by Gasteiger charge is 2.15. The lowest BCUT2D eigenvalue weighted by molar-refractivity contribution is 0.286. The van der Waals surface area contributed by atoms with Crippen LogP contribution in [-0.4, -0.2) is 24.5 Å². The smallest absolute Gasteiger partial charge is 0.0517 e. The summed E-state index contributed by atoms with van der Waals surface area (Å²) in [6, 6.07) is 0. The lowest BCUT2D eigenvalue weighted by Gasteiger charge is -2.31. The SMILES string of the molecule is C=CC(C)(C)N(C)/C=C\NC. The molecule has 0 aromatic heterocycles. The Hall–Kier alpha value is -0.920. The molecule has 0 heterocycles. The first-order chi connectivity index (χ1) is 5.04. The predicted molar refractivity (Wildman–Crippen MR) is 50.2 cm³/mol. The van der Waals surface area contributed by atoms with Crippen molar-refractivity contribution in [2.45, 2.75) is 19.4 Å². The topological polar surface area (TPSA) is 15.3 Å². The molecule has 0 saturated carbocycles. The van der Waals surface area contributed by atoms with Crippen molar-refractivity contribution >= 4 is 0 Å². The normalized spacial score (nSPS) is 11.6. The van der Waals surface area contributed by atoms with Gasteiger partial charge < -0.3 is 10.2 Å². The molecule has 11 heavy (non-hydrogen) atoms. The van der Waals surface area contributed by atoms with Crippen LogP contribution in [0.5, 0.6) is 0 Å². The summed E-state index contributed by atoms with van der Waals surface area (Å²) in [6.45, 7) is 7.99. The van der Waals surface area contributed by atoms with Crippen LogP contribution in [-0.2, 0) is 0 Å². The lowest BCUT2D eigenvalue weighted by atomic mass is 10.1. The molecule has 0 bridgehead atoms. The van der Waals surface area contributed by atoms with Crippen molar-refractivity contribution in [2.75, 3.05) is 14.1 Å². The van der Waals surface area contributed by atoms with Crippen LogP contribution >= 0.6 is 0 Å². The van der Waals surface area contributed by atoms with Gasteiger partial charge in [-0.25, -0.2) is 0 Å². The van der Waals surface area contributed by atoms with Crippen LogP contribution < -0.4 is 5.32 Å². The summed E-state index contributed by atoms with van der Waals surface area (Å²) in [7, 11) is 3.90. The van der Waals surface area contributed by atoms with Gasteiger partial charge in [-0.15, -0.1) is 6.58 Å². The minimum Gasteiger partial charge on any atom is -0.393 e. The largest absolute Gasteiger partial charge is 0.393 e. The third kappa shape index (κ3) is 3.12. The number of nitrogens with one attached hydrogen (secondary N) is 1. The van der Waals surface area contributed by atoms with Gasteiger partial charge in [0.15, 0.2) is 0 Å². The molecule has 1 N–H and O–H groups in total. The second kappa shape index (κ2) is 4.06. The van der Waals surface area contributed by atoms with Gasteiger partial charge in [-0.05, 0) is 13.8 Å². The molecule has 0 rings (SSSR count). The van der Waals surface area contributed by atoms with Crippen molar-refractivity contribution in [1.29, 1.82) is 0 Å². The molecular formula is C9H18N2. The van der Waals surface area contributed by atoms with Gasteiger partial charge in [0.05, 0.1) is 5.54 Å². The third-order valence-corrected chi connectivity index (χ3v) is 1.87. The zero-order chi connectivity index (χ0) is 8.91. The average molecular weight is 154 g/mol. The molecular weight excluding hydrogens is 136 g/mol. The Morgan fingerprint density at radius 1 is 1.45 bits per heavy atom. The highest BCUT2D eigenvalue weighted by atomic mass is 15.1. The molecule has 0 aromatic carbocycles. The average Bonchev–Trinajstić information content (AvgIpc) is 2.00. The van der Waals surface area contributed by atoms with E-state index < -0.39 is 0 Å². The Labute approximate surface area is 69.6 Å². The van der Waals surface area contributed by atoms with E-state index in [1.54, 1.807) is 0 Å². The predicted octanol–water partition coefficient (Wildman–Crippen LogP) is 1.57. The summed E-state index contributed by atoms with van der Waals surface area (Å²) < 4.78 is 0. The van der Waals surface area contributed by atoms with Crippen LogP contribution in [0.1, 0.15) is 13.8 Å². The summed E-state index contributed by atoms with van der Waals surface area (Å²) in [4.78, 5) is 2.09. The molecule has 0 aliphatic heterocycles. The minimum atomic E-state index is 0.0212. The van der Waals surface area contributed by atoms with Crippen LogP contribution in [0.2, 0.25) is 0 Å². The number of hydrogen-bond acceptors (Lipinski definition) is 2. The van der Waals surface area contributed by atoms with Crippen LogP contribution in [0.25, 0.3) is 0 Å². The standard InChI is InChI=1S/C9H18N2/c1-6-9(2,3)11(5)8-7-10-4/h6-8,10H,1H2,2-5H3/b8-7-. The van der Waals surface area contributed by atoms with Crippen LogP contribution in [0.4, 0.5) is 0 Å². The third-order valence-electron chi connectivity index (χ3n) is 1.87. The van der Waals surface area contributed by atoms with E-state index >= 15 is 0 Å². The fourth-order valence-electron chi connectivity index (χ4n) is 0.522. The van der Waals surface area contributed by atoms with E-state index in [2.05, 4.69) is 30.6 Å². The Kier molecular flexibility index (Phi) is 3.72. The maximum Gasteiger partial charge on any atom is 0.0517 e. The molecule has 2 heteroatoms. The van der Waals surface area contributed by atoms with Gasteiger partial charge in [0.1, 0.15) is 0 Å². The molecule has 0 amide bonds. The zero-order valence-corrected chi connectivity index (χ0v) is 7.89. The first kappa shape index (κ1) is 10.1. The summed E-state index contributed by atoms with van der Waals surface area (Å²) >= 11 is 0. The summed E-state index contributed by atoms with van der Waals surface area (Å²) in [5.41, 5.74) is 0.0212. The maximum atomic E-state index is 3.77. The first-order valence-corrected chi connectivity index (χ1v) is 3.75. The van der Waals surface area contributed by atoms with Gasteiger partial charge in [0.2, 0.25) is 0 Å². The highest BCUT2D eigenvalue weighted by Crippen LogP contribution is 2.12. The fraction of sp³-hybridized carbons (Fsp3) is 0.556. The number of rotatable bonds is 4. The molecule has 0 fully saturated rings. The molecule has 2 nitrogen and oxygen atoms in total. The molecule has 0 aromatic rings. The summed E-state index contributed by atoms with van der Waals surface area (Å²) in [5, 5.41) is 2.94. The van der Waals surface area contributed by atoms with Crippen LogP contribution in [0.15, 0.2) is 25.1 Å². The maximum absolute atomic E-state index is 3.77. The van der Waals surface area contributed by atoms with Gasteiger partial charge in [0, 0.05) is 26.5 Å². The van der Waals surface area contributed by atoms with Crippen molar-refractivity contribution in [3.05, 3.63) is 25.1 Å². The van der Waals surface area contributed by atoms with Crippen molar-refractivity contribution in [1.82, 2.24) is 10.2 Å².